The first kappa shape index (κ1) is 21.8. The van der Waals surface area contributed by atoms with E-state index in [0.29, 0.717) is 35.1 Å². The van der Waals surface area contributed by atoms with Crippen molar-refractivity contribution in [2.75, 3.05) is 33.1 Å². The quantitative estimate of drug-likeness (QED) is 0.198. The average molecular weight is 422 g/mol. The van der Waals surface area contributed by atoms with Gasteiger partial charge in [-0.1, -0.05) is 18.2 Å². The van der Waals surface area contributed by atoms with Gasteiger partial charge in [0.05, 0.1) is 25.2 Å². The van der Waals surface area contributed by atoms with E-state index in [-0.39, 0.29) is 5.69 Å². The first-order valence-electron chi connectivity index (χ1n) is 8.64. The molecule has 0 amide bonds. The largest absolute Gasteiger partial charge is 0.493 e. The van der Waals surface area contributed by atoms with Crippen molar-refractivity contribution in [2.24, 2.45) is 0 Å². The van der Waals surface area contributed by atoms with Gasteiger partial charge >= 0.3 is 0 Å². The highest BCUT2D eigenvalue weighted by Crippen LogP contribution is 2.34. The molecule has 0 bridgehead atoms. The number of benzene rings is 2. The molecule has 0 saturated carbocycles. The van der Waals surface area contributed by atoms with Crippen LogP contribution in [0.1, 0.15) is 5.56 Å². The summed E-state index contributed by atoms with van der Waals surface area (Å²) < 4.78 is 10.4. The van der Waals surface area contributed by atoms with E-state index in [1.807, 2.05) is 18.2 Å². The molecule has 7 nitrogen and oxygen atoms in total. The molecule has 0 aliphatic heterocycles. The summed E-state index contributed by atoms with van der Waals surface area (Å²) in [6, 6.07) is 13.2. The molecule has 0 aromatic heterocycles. The lowest BCUT2D eigenvalue weighted by atomic mass is 10.1. The van der Waals surface area contributed by atoms with E-state index in [2.05, 4.69) is 22.8 Å². The fourth-order valence-electron chi connectivity index (χ4n) is 2.50. The Hall–Kier alpha value is -2.52. The van der Waals surface area contributed by atoms with Crippen LogP contribution in [0.4, 0.5) is 5.69 Å². The second kappa shape index (κ2) is 11.4. The maximum atomic E-state index is 11.3. The van der Waals surface area contributed by atoms with E-state index in [1.54, 1.807) is 17.8 Å². The number of nitro groups is 1. The van der Waals surface area contributed by atoms with Gasteiger partial charge in [-0.15, -0.1) is 11.8 Å². The van der Waals surface area contributed by atoms with Crippen LogP contribution in [0.5, 0.6) is 11.5 Å². The predicted octanol–water partition coefficient (Wildman–Crippen LogP) is 3.41. The number of hydrogen-bond donors (Lipinski definition) is 2. The third-order valence-corrected chi connectivity index (χ3v) is 5.16. The Bertz CT molecular complexity index is 803. The summed E-state index contributed by atoms with van der Waals surface area (Å²) in [6.45, 7) is 1.19. The summed E-state index contributed by atoms with van der Waals surface area (Å²) in [5.74, 6) is 1.67. The summed E-state index contributed by atoms with van der Waals surface area (Å²) in [5, 5.41) is 18.1. The Balaban J connectivity index is 1.80. The molecular weight excluding hydrogens is 398 g/mol. The average Bonchev–Trinajstić information content (AvgIpc) is 2.71. The highest BCUT2D eigenvalue weighted by molar-refractivity contribution is 7.99. The minimum absolute atomic E-state index is 0.00223. The zero-order valence-corrected chi connectivity index (χ0v) is 17.4. The molecule has 0 unspecified atom stereocenters. The molecule has 0 spiro atoms. The van der Waals surface area contributed by atoms with Crippen molar-refractivity contribution in [2.45, 2.75) is 11.3 Å². The van der Waals surface area contributed by atoms with Gasteiger partial charge in [-0.3, -0.25) is 10.1 Å². The second-order valence-electron chi connectivity index (χ2n) is 5.69. The number of methoxy groups -OCH3 is 2. The van der Waals surface area contributed by atoms with Crippen molar-refractivity contribution in [1.29, 1.82) is 0 Å². The molecule has 2 aromatic carbocycles. The van der Waals surface area contributed by atoms with Gasteiger partial charge in [-0.2, -0.15) is 0 Å². The minimum Gasteiger partial charge on any atom is -0.493 e. The van der Waals surface area contributed by atoms with Crippen LogP contribution < -0.4 is 20.1 Å². The van der Waals surface area contributed by atoms with Gasteiger partial charge in [0, 0.05) is 29.3 Å². The molecule has 2 aromatic rings. The summed E-state index contributed by atoms with van der Waals surface area (Å²) in [4.78, 5) is 12.1. The number of hydrogen-bond acceptors (Lipinski definition) is 6. The molecule has 0 aliphatic carbocycles. The molecule has 0 saturated heterocycles. The first-order chi connectivity index (χ1) is 13.5. The van der Waals surface area contributed by atoms with Crippen molar-refractivity contribution < 1.29 is 14.4 Å². The first-order valence-corrected chi connectivity index (χ1v) is 10.0. The zero-order valence-electron chi connectivity index (χ0n) is 15.8. The normalized spacial score (nSPS) is 10.2. The van der Waals surface area contributed by atoms with Crippen LogP contribution in [-0.2, 0) is 6.42 Å². The molecule has 150 valence electrons. The standard InChI is InChI=1S/C19H23N3O4S2/c1-25-17-12-14(16(22(23)24)13-18(17)26-2)8-9-20-19(27)21-10-11-28-15-6-4-3-5-7-15/h3-7,12-13H,8-11H2,1-2H3,(H2,20,21,27). The van der Waals surface area contributed by atoms with Crippen LogP contribution in [-0.4, -0.2) is 43.1 Å². The van der Waals surface area contributed by atoms with E-state index in [4.69, 9.17) is 21.7 Å². The van der Waals surface area contributed by atoms with Crippen molar-refractivity contribution in [3.8, 4) is 11.5 Å². The fraction of sp³-hybridized carbons (Fsp3) is 0.316. The van der Waals surface area contributed by atoms with Gasteiger partial charge in [0.15, 0.2) is 16.6 Å². The molecule has 2 N–H and O–H groups in total. The van der Waals surface area contributed by atoms with Gasteiger partial charge in [0.1, 0.15) is 0 Å². The van der Waals surface area contributed by atoms with E-state index in [0.717, 1.165) is 12.3 Å². The summed E-state index contributed by atoms with van der Waals surface area (Å²) in [6.07, 6.45) is 0.428. The highest BCUT2D eigenvalue weighted by atomic mass is 32.2. The molecular formula is C19H23N3O4S2. The molecule has 2 rings (SSSR count). The number of thioether (sulfide) groups is 1. The third kappa shape index (κ3) is 6.58. The minimum atomic E-state index is -0.422. The fourth-order valence-corrected chi connectivity index (χ4v) is 3.50. The Morgan fingerprint density at radius 2 is 1.75 bits per heavy atom. The molecule has 0 aliphatic rings. The lowest BCUT2D eigenvalue weighted by Crippen LogP contribution is -2.37. The SMILES string of the molecule is COc1cc(CCNC(=S)NCCSc2ccccc2)c([N+](=O)[O-])cc1OC. The van der Waals surface area contributed by atoms with E-state index in [1.165, 1.54) is 25.2 Å². The van der Waals surface area contributed by atoms with Crippen LogP contribution in [0, 0.1) is 10.1 Å². The zero-order chi connectivity index (χ0) is 20.4. The van der Waals surface area contributed by atoms with Gasteiger partial charge in [0.2, 0.25) is 0 Å². The van der Waals surface area contributed by atoms with Crippen molar-refractivity contribution in [1.82, 2.24) is 10.6 Å². The highest BCUT2D eigenvalue weighted by Gasteiger charge is 2.19. The van der Waals surface area contributed by atoms with E-state index in [9.17, 15) is 10.1 Å². The van der Waals surface area contributed by atoms with Crippen molar-refractivity contribution in [3.63, 3.8) is 0 Å². The molecule has 0 fully saturated rings. The third-order valence-electron chi connectivity index (χ3n) is 3.86. The van der Waals surface area contributed by atoms with Gasteiger partial charge in [0.25, 0.3) is 5.69 Å². The number of nitrogens with zero attached hydrogens (tertiary/aromatic N) is 1. The molecule has 0 atom stereocenters. The number of rotatable bonds is 10. The topological polar surface area (TPSA) is 85.7 Å². The molecule has 28 heavy (non-hydrogen) atoms. The number of nitrogens with one attached hydrogen (secondary N) is 2. The van der Waals surface area contributed by atoms with Crippen molar-refractivity contribution >= 4 is 34.8 Å². The lowest BCUT2D eigenvalue weighted by Gasteiger charge is -2.12. The van der Waals surface area contributed by atoms with Crippen LogP contribution in [0.3, 0.4) is 0 Å². The van der Waals surface area contributed by atoms with Crippen LogP contribution in [0.15, 0.2) is 47.4 Å². The van der Waals surface area contributed by atoms with Crippen LogP contribution in [0.2, 0.25) is 0 Å². The number of thiocarbonyl (C=S) groups is 1. The van der Waals surface area contributed by atoms with E-state index >= 15 is 0 Å². The van der Waals surface area contributed by atoms with Crippen LogP contribution in [0.25, 0.3) is 0 Å². The van der Waals surface area contributed by atoms with Crippen LogP contribution >= 0.6 is 24.0 Å². The van der Waals surface area contributed by atoms with E-state index < -0.39 is 4.92 Å². The monoisotopic (exact) mass is 421 g/mol. The Morgan fingerprint density at radius 3 is 2.39 bits per heavy atom. The molecule has 0 heterocycles. The Kier molecular flexibility index (Phi) is 8.83. The molecule has 0 radical (unpaired) electrons. The van der Waals surface area contributed by atoms with Gasteiger partial charge < -0.3 is 20.1 Å². The Labute approximate surface area is 174 Å². The predicted molar refractivity (Wildman–Crippen MR) is 116 cm³/mol. The molecule has 9 heteroatoms. The van der Waals surface area contributed by atoms with Crippen molar-refractivity contribution in [3.05, 3.63) is 58.1 Å². The summed E-state index contributed by atoms with van der Waals surface area (Å²) >= 11 is 7.01. The van der Waals surface area contributed by atoms with Gasteiger partial charge in [-0.25, -0.2) is 0 Å². The maximum Gasteiger partial charge on any atom is 0.276 e. The summed E-state index contributed by atoms with van der Waals surface area (Å²) in [5.41, 5.74) is 0.551. The maximum absolute atomic E-state index is 11.3. The smallest absolute Gasteiger partial charge is 0.276 e. The Morgan fingerprint density at radius 1 is 1.11 bits per heavy atom. The number of ether oxygens (including phenoxy) is 2. The second-order valence-corrected chi connectivity index (χ2v) is 7.26. The lowest BCUT2D eigenvalue weighted by molar-refractivity contribution is -0.385. The summed E-state index contributed by atoms with van der Waals surface area (Å²) in [7, 11) is 2.95. The number of nitro benzene ring substituents is 1. The van der Waals surface area contributed by atoms with Gasteiger partial charge in [-0.05, 0) is 36.8 Å².